The largest absolute Gasteiger partial charge is 0.494 e. The van der Waals surface area contributed by atoms with Gasteiger partial charge < -0.3 is 4.74 Å². The van der Waals surface area contributed by atoms with E-state index in [9.17, 15) is 8.78 Å². The Kier molecular flexibility index (Phi) is 4.33. The number of fused-ring (bicyclic) bond motifs is 1. The number of nitrogens with zero attached hydrogens (tertiary/aromatic N) is 2. The van der Waals surface area contributed by atoms with Crippen molar-refractivity contribution in [3.8, 4) is 16.9 Å². The van der Waals surface area contributed by atoms with Gasteiger partial charge in [0.1, 0.15) is 29.2 Å². The summed E-state index contributed by atoms with van der Waals surface area (Å²) in [4.78, 5) is 8.05. The molecule has 3 rings (SSSR count). The normalized spacial score (nSPS) is 10.2. The van der Waals surface area contributed by atoms with Gasteiger partial charge in [0.05, 0.1) is 7.11 Å². The van der Waals surface area contributed by atoms with Crippen molar-refractivity contribution in [2.24, 2.45) is 0 Å². The van der Waals surface area contributed by atoms with E-state index < -0.39 is 5.82 Å². The number of methoxy groups -OCH3 is 1. The summed E-state index contributed by atoms with van der Waals surface area (Å²) in [6.07, 6.45) is 2.89. The second-order valence-corrected chi connectivity index (χ2v) is 4.23. The molecular formula is C15H11ClF2N2O. The highest BCUT2D eigenvalue weighted by molar-refractivity contribution is 5.97. The number of hydrogen-bond donors (Lipinski definition) is 0. The zero-order chi connectivity index (χ0) is 14.1. The molecule has 0 aliphatic carbocycles. The minimum absolute atomic E-state index is 0. The zero-order valence-corrected chi connectivity index (χ0v) is 11.8. The molecule has 0 saturated heterocycles. The van der Waals surface area contributed by atoms with Crippen LogP contribution >= 0.6 is 12.4 Å². The third-order valence-electron chi connectivity index (χ3n) is 3.06. The Labute approximate surface area is 126 Å². The predicted molar refractivity (Wildman–Crippen MR) is 78.7 cm³/mol. The van der Waals surface area contributed by atoms with E-state index in [4.69, 9.17) is 4.74 Å². The Morgan fingerprint density at radius 2 is 1.81 bits per heavy atom. The summed E-state index contributed by atoms with van der Waals surface area (Å²) < 4.78 is 32.4. The molecule has 0 atom stereocenters. The summed E-state index contributed by atoms with van der Waals surface area (Å²) in [5.74, 6) is -0.496. The van der Waals surface area contributed by atoms with E-state index >= 15 is 0 Å². The minimum Gasteiger partial charge on any atom is -0.494 e. The van der Waals surface area contributed by atoms with Gasteiger partial charge in [0.2, 0.25) is 0 Å². The van der Waals surface area contributed by atoms with Crippen molar-refractivity contribution < 1.29 is 13.5 Å². The van der Waals surface area contributed by atoms with Gasteiger partial charge in [0.15, 0.2) is 0 Å². The highest BCUT2D eigenvalue weighted by Crippen LogP contribution is 2.35. The van der Waals surface area contributed by atoms with Crippen LogP contribution in [0.4, 0.5) is 8.78 Å². The summed E-state index contributed by atoms with van der Waals surface area (Å²) in [6, 6.07) is 6.89. The van der Waals surface area contributed by atoms with Crippen molar-refractivity contribution >= 4 is 23.3 Å². The van der Waals surface area contributed by atoms with Crippen LogP contribution in [0.5, 0.6) is 5.75 Å². The topological polar surface area (TPSA) is 35.0 Å². The van der Waals surface area contributed by atoms with Crippen LogP contribution in [0.3, 0.4) is 0 Å². The standard InChI is InChI=1S/C15H10F2N2O.ClH/c1-20-13-6-12(17)14(9-2-4-10(16)5-3-9)11-7-18-8-19-15(11)13;/h2-8H,1H3;1H. The molecule has 1 heterocycles. The smallest absolute Gasteiger partial charge is 0.148 e. The second-order valence-electron chi connectivity index (χ2n) is 4.23. The lowest BCUT2D eigenvalue weighted by Crippen LogP contribution is -1.94. The number of ether oxygens (including phenoxy) is 1. The Morgan fingerprint density at radius 1 is 1.10 bits per heavy atom. The molecule has 3 aromatic rings. The van der Waals surface area contributed by atoms with E-state index in [0.717, 1.165) is 0 Å². The Balaban J connectivity index is 0.00000161. The van der Waals surface area contributed by atoms with Gasteiger partial charge in [-0.25, -0.2) is 18.7 Å². The SMILES string of the molecule is COc1cc(F)c(-c2ccc(F)cc2)c2cncnc12.Cl. The van der Waals surface area contributed by atoms with Gasteiger partial charge in [0, 0.05) is 23.2 Å². The van der Waals surface area contributed by atoms with Crippen LogP contribution in [0.15, 0.2) is 42.9 Å². The lowest BCUT2D eigenvalue weighted by molar-refractivity contribution is 0.415. The molecular weight excluding hydrogens is 298 g/mol. The summed E-state index contributed by atoms with van der Waals surface area (Å²) in [6.45, 7) is 0. The number of benzene rings is 2. The highest BCUT2D eigenvalue weighted by atomic mass is 35.5. The summed E-state index contributed by atoms with van der Waals surface area (Å²) >= 11 is 0. The van der Waals surface area contributed by atoms with Gasteiger partial charge in [-0.1, -0.05) is 12.1 Å². The molecule has 6 heteroatoms. The number of halogens is 3. The van der Waals surface area contributed by atoms with Crippen LogP contribution in [0.2, 0.25) is 0 Å². The van der Waals surface area contributed by atoms with Crippen LogP contribution in [-0.2, 0) is 0 Å². The summed E-state index contributed by atoms with van der Waals surface area (Å²) in [5, 5.41) is 0.524. The minimum atomic E-state index is -0.462. The molecule has 108 valence electrons. The van der Waals surface area contributed by atoms with Crippen LogP contribution in [-0.4, -0.2) is 17.1 Å². The monoisotopic (exact) mass is 308 g/mol. The van der Waals surface area contributed by atoms with Gasteiger partial charge in [-0.2, -0.15) is 0 Å². The van der Waals surface area contributed by atoms with E-state index in [0.29, 0.717) is 27.8 Å². The van der Waals surface area contributed by atoms with Crippen molar-refractivity contribution in [3.63, 3.8) is 0 Å². The third-order valence-corrected chi connectivity index (χ3v) is 3.06. The Hall–Kier alpha value is -2.27. The van der Waals surface area contributed by atoms with Gasteiger partial charge in [0.25, 0.3) is 0 Å². The first-order valence-corrected chi connectivity index (χ1v) is 5.93. The van der Waals surface area contributed by atoms with Gasteiger partial charge in [-0.15, -0.1) is 12.4 Å². The quantitative estimate of drug-likeness (QED) is 0.717. The van der Waals surface area contributed by atoms with Crippen LogP contribution in [0.1, 0.15) is 0 Å². The second kappa shape index (κ2) is 6.01. The van der Waals surface area contributed by atoms with E-state index in [2.05, 4.69) is 9.97 Å². The third kappa shape index (κ3) is 2.64. The van der Waals surface area contributed by atoms with Crippen molar-refractivity contribution in [1.29, 1.82) is 0 Å². The summed E-state index contributed by atoms with van der Waals surface area (Å²) in [7, 11) is 1.45. The van der Waals surface area contributed by atoms with Crippen molar-refractivity contribution in [1.82, 2.24) is 9.97 Å². The van der Waals surface area contributed by atoms with E-state index in [1.165, 1.54) is 50.0 Å². The molecule has 0 amide bonds. The van der Waals surface area contributed by atoms with Crippen LogP contribution in [0.25, 0.3) is 22.0 Å². The average molecular weight is 309 g/mol. The average Bonchev–Trinajstić information content (AvgIpc) is 2.48. The molecule has 2 aromatic carbocycles. The first-order chi connectivity index (χ1) is 9.70. The first-order valence-electron chi connectivity index (χ1n) is 5.93. The maximum absolute atomic E-state index is 14.3. The fourth-order valence-corrected chi connectivity index (χ4v) is 2.16. The van der Waals surface area contributed by atoms with Crippen molar-refractivity contribution in [2.75, 3.05) is 7.11 Å². The molecule has 21 heavy (non-hydrogen) atoms. The maximum Gasteiger partial charge on any atom is 0.148 e. The Bertz CT molecular complexity index is 778. The number of aromatic nitrogens is 2. The van der Waals surface area contributed by atoms with Gasteiger partial charge in [-0.3, -0.25) is 0 Å². The van der Waals surface area contributed by atoms with Crippen molar-refractivity contribution in [2.45, 2.75) is 0 Å². The highest BCUT2D eigenvalue weighted by Gasteiger charge is 2.15. The molecule has 0 aliphatic rings. The first kappa shape index (κ1) is 15.1. The molecule has 0 fully saturated rings. The molecule has 0 aliphatic heterocycles. The molecule has 0 unspecified atom stereocenters. The van der Waals surface area contributed by atoms with Crippen LogP contribution in [0, 0.1) is 11.6 Å². The number of rotatable bonds is 2. The molecule has 3 nitrogen and oxygen atoms in total. The van der Waals surface area contributed by atoms with E-state index in [1.54, 1.807) is 0 Å². The molecule has 0 saturated carbocycles. The molecule has 0 N–H and O–H groups in total. The van der Waals surface area contributed by atoms with E-state index in [-0.39, 0.29) is 18.2 Å². The number of hydrogen-bond acceptors (Lipinski definition) is 3. The van der Waals surface area contributed by atoms with Crippen LogP contribution < -0.4 is 4.74 Å². The van der Waals surface area contributed by atoms with Gasteiger partial charge >= 0.3 is 0 Å². The lowest BCUT2D eigenvalue weighted by Gasteiger charge is -2.11. The predicted octanol–water partition coefficient (Wildman–Crippen LogP) is 4.01. The lowest BCUT2D eigenvalue weighted by atomic mass is 10.0. The van der Waals surface area contributed by atoms with Gasteiger partial charge in [-0.05, 0) is 17.7 Å². The maximum atomic E-state index is 14.3. The molecule has 1 aromatic heterocycles. The zero-order valence-electron chi connectivity index (χ0n) is 11.0. The molecule has 0 radical (unpaired) electrons. The molecule has 0 spiro atoms. The fraction of sp³-hybridized carbons (Fsp3) is 0.0667. The summed E-state index contributed by atoms with van der Waals surface area (Å²) in [5.41, 5.74) is 1.41. The fourth-order valence-electron chi connectivity index (χ4n) is 2.16. The van der Waals surface area contributed by atoms with Crippen molar-refractivity contribution in [3.05, 3.63) is 54.5 Å². The van der Waals surface area contributed by atoms with E-state index in [1.807, 2.05) is 0 Å². The molecule has 0 bridgehead atoms. The Morgan fingerprint density at radius 3 is 2.48 bits per heavy atom.